The van der Waals surface area contributed by atoms with Crippen LogP contribution < -0.4 is 10.1 Å². The summed E-state index contributed by atoms with van der Waals surface area (Å²) in [5.74, 6) is -0.390. The highest BCUT2D eigenvalue weighted by Gasteiger charge is 2.60. The molecule has 1 saturated carbocycles. The zero-order valence-electron chi connectivity index (χ0n) is 16.2. The van der Waals surface area contributed by atoms with Crippen molar-refractivity contribution in [2.75, 3.05) is 12.4 Å². The van der Waals surface area contributed by atoms with E-state index in [0.717, 1.165) is 6.42 Å². The summed E-state index contributed by atoms with van der Waals surface area (Å²) in [4.78, 5) is 40.7. The van der Waals surface area contributed by atoms with Gasteiger partial charge in [-0.2, -0.15) is 0 Å². The van der Waals surface area contributed by atoms with E-state index < -0.39 is 6.04 Å². The average Bonchev–Trinajstić information content (AvgIpc) is 3.53. The number of benzene rings is 1. The maximum Gasteiger partial charge on any atom is 0.234 e. The summed E-state index contributed by atoms with van der Waals surface area (Å²) in [5, 5.41) is 10.6. The number of hydrogen-bond acceptors (Lipinski definition) is 7. The van der Waals surface area contributed by atoms with Crippen LogP contribution in [0.2, 0.25) is 0 Å². The van der Waals surface area contributed by atoms with Crippen LogP contribution in [-0.4, -0.2) is 39.9 Å². The molecule has 2 aromatic rings. The number of nitrogens with one attached hydrogen (secondary N) is 1. The fraction of sp³-hybridized carbons (Fsp3) is 0.381. The molecule has 3 aliphatic rings. The summed E-state index contributed by atoms with van der Waals surface area (Å²) < 4.78 is 5.22. The van der Waals surface area contributed by atoms with Gasteiger partial charge in [-0.25, -0.2) is 0 Å². The summed E-state index contributed by atoms with van der Waals surface area (Å²) in [7, 11) is 1.57. The number of aromatic nitrogens is 2. The van der Waals surface area contributed by atoms with Crippen LogP contribution >= 0.6 is 11.3 Å². The van der Waals surface area contributed by atoms with Crippen LogP contribution in [0, 0.1) is 23.7 Å². The molecule has 9 heteroatoms. The largest absolute Gasteiger partial charge is 0.497 e. The van der Waals surface area contributed by atoms with Crippen molar-refractivity contribution in [1.82, 2.24) is 15.1 Å². The zero-order valence-corrected chi connectivity index (χ0v) is 17.0. The predicted octanol–water partition coefficient (Wildman–Crippen LogP) is 2.42. The van der Waals surface area contributed by atoms with Gasteiger partial charge >= 0.3 is 0 Å². The highest BCUT2D eigenvalue weighted by molar-refractivity contribution is 7.13. The number of fused-ring (bicyclic) bond motifs is 5. The first kappa shape index (κ1) is 18.9. The molecule has 0 spiro atoms. The number of hydrogen-bond donors (Lipinski definition) is 1. The van der Waals surface area contributed by atoms with Crippen molar-refractivity contribution in [3.63, 3.8) is 0 Å². The van der Waals surface area contributed by atoms with Crippen molar-refractivity contribution in [3.8, 4) is 5.75 Å². The minimum atomic E-state index is -0.686. The van der Waals surface area contributed by atoms with Gasteiger partial charge < -0.3 is 10.1 Å². The quantitative estimate of drug-likeness (QED) is 0.565. The zero-order chi connectivity index (χ0) is 20.8. The normalized spacial score (nSPS) is 27.4. The van der Waals surface area contributed by atoms with E-state index in [2.05, 4.69) is 27.7 Å². The number of ether oxygens (including phenoxy) is 1. The Balaban J connectivity index is 1.45. The second-order valence-electron chi connectivity index (χ2n) is 7.83. The molecule has 1 N–H and O–H groups in total. The van der Waals surface area contributed by atoms with Crippen LogP contribution in [0.3, 0.4) is 0 Å². The number of carbonyl (C=O) groups excluding carboxylic acids is 3. The second kappa shape index (κ2) is 7.32. The van der Waals surface area contributed by atoms with Crippen molar-refractivity contribution in [1.29, 1.82) is 0 Å². The maximum atomic E-state index is 13.3. The topological polar surface area (TPSA) is 101 Å². The van der Waals surface area contributed by atoms with Crippen molar-refractivity contribution in [3.05, 3.63) is 47.5 Å². The maximum absolute atomic E-state index is 13.3. The number of allylic oxidation sites excluding steroid dienone is 2. The Morgan fingerprint density at radius 2 is 1.87 bits per heavy atom. The van der Waals surface area contributed by atoms with E-state index in [1.54, 1.807) is 31.4 Å². The lowest BCUT2D eigenvalue weighted by atomic mass is 9.85. The van der Waals surface area contributed by atoms with E-state index in [0.29, 0.717) is 16.4 Å². The molecule has 5 atom stereocenters. The Morgan fingerprint density at radius 3 is 2.43 bits per heavy atom. The summed E-state index contributed by atoms with van der Waals surface area (Å²) >= 11 is 1.21. The van der Waals surface area contributed by atoms with Gasteiger partial charge in [0, 0.05) is 0 Å². The van der Waals surface area contributed by atoms with E-state index in [-0.39, 0.29) is 47.8 Å². The number of amides is 3. The van der Waals surface area contributed by atoms with E-state index >= 15 is 0 Å². The van der Waals surface area contributed by atoms with Crippen molar-refractivity contribution >= 4 is 34.2 Å². The molecule has 2 bridgehead atoms. The first-order chi connectivity index (χ1) is 14.6. The van der Waals surface area contributed by atoms with Gasteiger partial charge in [-0.05, 0) is 36.0 Å². The molecular weight excluding hydrogens is 404 g/mol. The third kappa shape index (κ3) is 3.00. The molecule has 1 aromatic heterocycles. The van der Waals surface area contributed by atoms with Gasteiger partial charge in [-0.1, -0.05) is 35.6 Å². The van der Waals surface area contributed by atoms with Crippen LogP contribution in [0.25, 0.3) is 0 Å². The van der Waals surface area contributed by atoms with Crippen LogP contribution in [0.4, 0.5) is 5.13 Å². The standard InChI is InChI=1S/C21H20N4O4S/c1-29-14-6-4-11(5-7-14)15(9-16(26)23-21-24-22-10-30-21)25-19(27)17-12-2-3-13(8-12)18(17)20(25)28/h2-7,10,12-13,15,17-18H,8-9H2,1H3,(H,23,24,26). The number of anilines is 1. The number of carbonyl (C=O) groups is 3. The SMILES string of the molecule is COc1ccc(C(CC(=O)Nc2nncs2)N2C(=O)C3C4C=CC(C4)C3C2=O)cc1. The Bertz CT molecular complexity index is 990. The Kier molecular flexibility index (Phi) is 4.62. The van der Waals surface area contributed by atoms with Crippen LogP contribution in [-0.2, 0) is 14.4 Å². The molecule has 2 fully saturated rings. The van der Waals surface area contributed by atoms with Gasteiger partial charge in [0.1, 0.15) is 11.3 Å². The first-order valence-electron chi connectivity index (χ1n) is 9.82. The molecule has 3 amide bonds. The van der Waals surface area contributed by atoms with Crippen molar-refractivity contribution in [2.45, 2.75) is 18.9 Å². The van der Waals surface area contributed by atoms with E-state index in [1.165, 1.54) is 21.7 Å². The van der Waals surface area contributed by atoms with Crippen molar-refractivity contribution < 1.29 is 19.1 Å². The molecule has 5 rings (SSSR count). The molecule has 154 valence electrons. The first-order valence-corrected chi connectivity index (χ1v) is 10.7. The number of imide groups is 1. The van der Waals surface area contributed by atoms with Crippen LogP contribution in [0.5, 0.6) is 5.75 Å². The summed E-state index contributed by atoms with van der Waals surface area (Å²) in [6.45, 7) is 0. The Hall–Kier alpha value is -3.07. The fourth-order valence-electron chi connectivity index (χ4n) is 4.99. The number of nitrogens with zero attached hydrogens (tertiary/aromatic N) is 3. The molecule has 30 heavy (non-hydrogen) atoms. The number of methoxy groups -OCH3 is 1. The molecule has 8 nitrogen and oxygen atoms in total. The average molecular weight is 424 g/mol. The molecule has 1 aliphatic heterocycles. The summed E-state index contributed by atoms with van der Waals surface area (Å²) in [6.07, 6.45) is 4.94. The summed E-state index contributed by atoms with van der Waals surface area (Å²) in [5.41, 5.74) is 2.24. The molecule has 5 unspecified atom stereocenters. The van der Waals surface area contributed by atoms with E-state index in [1.807, 2.05) is 0 Å². The lowest BCUT2D eigenvalue weighted by Gasteiger charge is -2.28. The lowest BCUT2D eigenvalue weighted by Crippen LogP contribution is -2.38. The third-order valence-electron chi connectivity index (χ3n) is 6.30. The van der Waals surface area contributed by atoms with Gasteiger partial charge in [-0.15, -0.1) is 10.2 Å². The molecule has 0 radical (unpaired) electrons. The molecular formula is C21H20N4O4S. The number of likely N-dealkylation sites (tertiary alicyclic amines) is 1. The lowest BCUT2D eigenvalue weighted by molar-refractivity contribution is -0.144. The number of rotatable bonds is 6. The predicted molar refractivity (Wildman–Crippen MR) is 108 cm³/mol. The second-order valence-corrected chi connectivity index (χ2v) is 8.66. The van der Waals surface area contributed by atoms with Gasteiger partial charge in [0.05, 0.1) is 31.4 Å². The van der Waals surface area contributed by atoms with Gasteiger partial charge in [0.15, 0.2) is 0 Å². The van der Waals surface area contributed by atoms with Crippen molar-refractivity contribution in [2.24, 2.45) is 23.7 Å². The van der Waals surface area contributed by atoms with Gasteiger partial charge in [0.25, 0.3) is 0 Å². The van der Waals surface area contributed by atoms with E-state index in [4.69, 9.17) is 4.74 Å². The Morgan fingerprint density at radius 1 is 1.20 bits per heavy atom. The molecule has 1 saturated heterocycles. The molecule has 2 heterocycles. The van der Waals surface area contributed by atoms with Crippen LogP contribution in [0.15, 0.2) is 41.9 Å². The molecule has 2 aliphatic carbocycles. The fourth-order valence-corrected chi connectivity index (χ4v) is 5.45. The van der Waals surface area contributed by atoms with Gasteiger partial charge in [0.2, 0.25) is 22.9 Å². The van der Waals surface area contributed by atoms with E-state index in [9.17, 15) is 14.4 Å². The highest BCUT2D eigenvalue weighted by atomic mass is 32.1. The highest BCUT2D eigenvalue weighted by Crippen LogP contribution is 2.54. The smallest absolute Gasteiger partial charge is 0.234 e. The molecule has 1 aromatic carbocycles. The summed E-state index contributed by atoms with van der Waals surface area (Å²) in [6, 6.07) is 6.44. The minimum Gasteiger partial charge on any atom is -0.497 e. The van der Waals surface area contributed by atoms with Crippen LogP contribution in [0.1, 0.15) is 24.4 Å². The Labute approximate surface area is 176 Å². The monoisotopic (exact) mass is 424 g/mol. The van der Waals surface area contributed by atoms with Gasteiger partial charge in [-0.3, -0.25) is 19.3 Å². The third-order valence-corrected chi connectivity index (χ3v) is 6.91. The minimum absolute atomic E-state index is 0.0500.